The first-order chi connectivity index (χ1) is 9.95. The van der Waals surface area contributed by atoms with Crippen molar-refractivity contribution in [3.05, 3.63) is 69.8 Å². The first-order valence-corrected chi connectivity index (χ1v) is 7.20. The fourth-order valence-electron chi connectivity index (χ4n) is 2.84. The zero-order valence-electron chi connectivity index (χ0n) is 12.9. The summed E-state index contributed by atoms with van der Waals surface area (Å²) < 4.78 is 28.0. The zero-order chi connectivity index (χ0) is 15.6. The van der Waals surface area contributed by atoms with Crippen molar-refractivity contribution in [2.45, 2.75) is 33.7 Å². The average Bonchev–Trinajstić information content (AvgIpc) is 2.40. The zero-order valence-corrected chi connectivity index (χ0v) is 12.9. The maximum absolute atomic E-state index is 14.5. The number of hydrogen-bond acceptors (Lipinski definition) is 1. The highest BCUT2D eigenvalue weighted by atomic mass is 19.1. The lowest BCUT2D eigenvalue weighted by molar-refractivity contribution is 0.549. The SMILES string of the molecule is CCNC(c1cccc(C)c1F)c1c(C)cc(F)cc1C. The molecule has 2 rings (SSSR count). The van der Waals surface area contributed by atoms with Crippen molar-refractivity contribution in [2.24, 2.45) is 0 Å². The van der Waals surface area contributed by atoms with Gasteiger partial charge in [0.15, 0.2) is 0 Å². The molecule has 2 aromatic rings. The molecule has 1 N–H and O–H groups in total. The highest BCUT2D eigenvalue weighted by Gasteiger charge is 2.21. The number of halogens is 2. The van der Waals surface area contributed by atoms with Crippen LogP contribution >= 0.6 is 0 Å². The van der Waals surface area contributed by atoms with Crippen molar-refractivity contribution in [3.63, 3.8) is 0 Å². The van der Waals surface area contributed by atoms with Crippen LogP contribution in [0.15, 0.2) is 30.3 Å². The molecule has 0 spiro atoms. The smallest absolute Gasteiger partial charge is 0.131 e. The lowest BCUT2D eigenvalue weighted by atomic mass is 9.90. The molecule has 0 saturated heterocycles. The second-order valence-electron chi connectivity index (χ2n) is 5.42. The Morgan fingerprint density at radius 1 is 1.00 bits per heavy atom. The van der Waals surface area contributed by atoms with Crippen LogP contribution in [0.3, 0.4) is 0 Å². The van der Waals surface area contributed by atoms with E-state index in [2.05, 4.69) is 5.32 Å². The van der Waals surface area contributed by atoms with Crippen molar-refractivity contribution in [1.82, 2.24) is 5.32 Å². The highest BCUT2D eigenvalue weighted by molar-refractivity contribution is 5.43. The molecule has 0 heterocycles. The summed E-state index contributed by atoms with van der Waals surface area (Å²) in [6.45, 7) is 8.17. The lowest BCUT2D eigenvalue weighted by Gasteiger charge is -2.24. The predicted molar refractivity (Wildman–Crippen MR) is 82.5 cm³/mol. The number of nitrogens with one attached hydrogen (secondary N) is 1. The van der Waals surface area contributed by atoms with Gasteiger partial charge < -0.3 is 5.32 Å². The predicted octanol–water partition coefficient (Wildman–Crippen LogP) is 4.59. The summed E-state index contributed by atoms with van der Waals surface area (Å²) in [4.78, 5) is 0. The molecule has 3 heteroatoms. The molecule has 0 radical (unpaired) electrons. The molecule has 0 saturated carbocycles. The van der Waals surface area contributed by atoms with Gasteiger partial charge in [-0.2, -0.15) is 0 Å². The second kappa shape index (κ2) is 6.35. The minimum absolute atomic E-state index is 0.202. The van der Waals surface area contributed by atoms with E-state index in [-0.39, 0.29) is 17.7 Å². The molecule has 21 heavy (non-hydrogen) atoms. The first kappa shape index (κ1) is 15.6. The van der Waals surface area contributed by atoms with E-state index in [1.165, 1.54) is 12.1 Å². The number of hydrogen-bond donors (Lipinski definition) is 1. The summed E-state index contributed by atoms with van der Waals surface area (Å²) in [5, 5.41) is 3.32. The van der Waals surface area contributed by atoms with E-state index in [0.717, 1.165) is 16.7 Å². The van der Waals surface area contributed by atoms with Crippen molar-refractivity contribution in [1.29, 1.82) is 0 Å². The Labute approximate surface area is 125 Å². The molecule has 0 fully saturated rings. The Morgan fingerprint density at radius 3 is 2.19 bits per heavy atom. The summed E-state index contributed by atoms with van der Waals surface area (Å²) >= 11 is 0. The first-order valence-electron chi connectivity index (χ1n) is 7.20. The van der Waals surface area contributed by atoms with Crippen molar-refractivity contribution in [2.75, 3.05) is 6.54 Å². The van der Waals surface area contributed by atoms with Crippen LogP contribution in [0.5, 0.6) is 0 Å². The van der Waals surface area contributed by atoms with Crippen molar-refractivity contribution < 1.29 is 8.78 Å². The fourth-order valence-corrected chi connectivity index (χ4v) is 2.84. The lowest BCUT2D eigenvalue weighted by Crippen LogP contribution is -2.25. The van der Waals surface area contributed by atoms with Gasteiger partial charge in [-0.15, -0.1) is 0 Å². The maximum Gasteiger partial charge on any atom is 0.131 e. The van der Waals surface area contributed by atoms with Crippen molar-refractivity contribution in [3.8, 4) is 0 Å². The van der Waals surface area contributed by atoms with E-state index in [1.807, 2.05) is 26.8 Å². The molecule has 0 bridgehead atoms. The van der Waals surface area contributed by atoms with Gasteiger partial charge in [-0.05, 0) is 61.7 Å². The van der Waals surface area contributed by atoms with Crippen LogP contribution in [0.25, 0.3) is 0 Å². The second-order valence-corrected chi connectivity index (χ2v) is 5.42. The normalized spacial score (nSPS) is 12.5. The highest BCUT2D eigenvalue weighted by Crippen LogP contribution is 2.31. The van der Waals surface area contributed by atoms with Gasteiger partial charge in [0.25, 0.3) is 0 Å². The van der Waals surface area contributed by atoms with E-state index in [9.17, 15) is 8.78 Å². The summed E-state index contributed by atoms with van der Waals surface area (Å²) in [6.07, 6.45) is 0. The quantitative estimate of drug-likeness (QED) is 0.868. The van der Waals surface area contributed by atoms with Gasteiger partial charge in [0.05, 0.1) is 6.04 Å². The van der Waals surface area contributed by atoms with Gasteiger partial charge in [0.1, 0.15) is 11.6 Å². The van der Waals surface area contributed by atoms with Crippen LogP contribution in [0.2, 0.25) is 0 Å². The number of rotatable bonds is 4. The minimum Gasteiger partial charge on any atom is -0.306 e. The summed E-state index contributed by atoms with van der Waals surface area (Å²) in [5.74, 6) is -0.458. The van der Waals surface area contributed by atoms with Gasteiger partial charge in [0, 0.05) is 5.56 Å². The van der Waals surface area contributed by atoms with Crippen LogP contribution < -0.4 is 5.32 Å². The van der Waals surface area contributed by atoms with Gasteiger partial charge in [0.2, 0.25) is 0 Å². The monoisotopic (exact) mass is 289 g/mol. The van der Waals surface area contributed by atoms with Crippen molar-refractivity contribution >= 4 is 0 Å². The maximum atomic E-state index is 14.5. The van der Waals surface area contributed by atoms with Gasteiger partial charge in [-0.1, -0.05) is 25.1 Å². The Hall–Kier alpha value is -1.74. The molecule has 0 aromatic heterocycles. The molecule has 1 unspecified atom stereocenters. The van der Waals surface area contributed by atoms with Crippen LogP contribution in [0.1, 0.15) is 40.8 Å². The third-order valence-corrected chi connectivity index (χ3v) is 3.79. The van der Waals surface area contributed by atoms with E-state index in [0.29, 0.717) is 17.7 Å². The topological polar surface area (TPSA) is 12.0 Å². The van der Waals surface area contributed by atoms with E-state index in [1.54, 1.807) is 19.1 Å². The number of aryl methyl sites for hydroxylation is 3. The molecule has 0 aliphatic heterocycles. The molecule has 0 amide bonds. The average molecular weight is 289 g/mol. The summed E-state index contributed by atoms with van der Waals surface area (Å²) in [7, 11) is 0. The largest absolute Gasteiger partial charge is 0.306 e. The van der Waals surface area contributed by atoms with Crippen LogP contribution in [0, 0.1) is 32.4 Å². The summed E-state index contributed by atoms with van der Waals surface area (Å²) in [6, 6.07) is 8.13. The van der Waals surface area contributed by atoms with Gasteiger partial charge in [-0.25, -0.2) is 8.78 Å². The molecule has 0 aliphatic carbocycles. The van der Waals surface area contributed by atoms with Crippen LogP contribution in [-0.2, 0) is 0 Å². The molecule has 1 nitrogen and oxygen atoms in total. The molecular weight excluding hydrogens is 268 g/mol. The number of benzene rings is 2. The van der Waals surface area contributed by atoms with E-state index >= 15 is 0 Å². The molecule has 2 aromatic carbocycles. The van der Waals surface area contributed by atoms with E-state index < -0.39 is 0 Å². The summed E-state index contributed by atoms with van der Waals surface area (Å²) in [5.41, 5.74) is 3.84. The molecule has 0 aliphatic rings. The standard InChI is InChI=1S/C18H21F2N/c1-5-21-18(15-8-6-7-11(2)17(15)20)16-12(3)9-14(19)10-13(16)4/h6-10,18,21H,5H2,1-4H3. The third kappa shape index (κ3) is 3.13. The molecule has 1 atom stereocenters. The Bertz CT molecular complexity index is 627. The van der Waals surface area contributed by atoms with Crippen LogP contribution in [0.4, 0.5) is 8.78 Å². The Morgan fingerprint density at radius 2 is 1.62 bits per heavy atom. The van der Waals surface area contributed by atoms with Gasteiger partial charge in [-0.3, -0.25) is 0 Å². The van der Waals surface area contributed by atoms with Crippen LogP contribution in [-0.4, -0.2) is 6.54 Å². The third-order valence-electron chi connectivity index (χ3n) is 3.79. The van der Waals surface area contributed by atoms with E-state index in [4.69, 9.17) is 0 Å². The fraction of sp³-hybridized carbons (Fsp3) is 0.333. The Kier molecular flexibility index (Phi) is 4.73. The molecular formula is C18H21F2N. The molecule has 112 valence electrons. The minimum atomic E-state index is -0.268. The Balaban J connectivity index is 2.62. The van der Waals surface area contributed by atoms with Gasteiger partial charge >= 0.3 is 0 Å².